The summed E-state index contributed by atoms with van der Waals surface area (Å²) in [4.78, 5) is 7.01. The summed E-state index contributed by atoms with van der Waals surface area (Å²) in [5.74, 6) is 1.50. The highest BCUT2D eigenvalue weighted by Gasteiger charge is 2.19. The van der Waals surface area contributed by atoms with Crippen molar-refractivity contribution in [1.82, 2.24) is 15.5 Å². The molecule has 0 spiro atoms. The van der Waals surface area contributed by atoms with Gasteiger partial charge in [-0.05, 0) is 37.5 Å². The van der Waals surface area contributed by atoms with Crippen LogP contribution in [0.1, 0.15) is 31.4 Å². The molecule has 0 aliphatic carbocycles. The number of likely N-dealkylation sites (tertiary alicyclic amines) is 1. The fraction of sp³-hybridized carbons (Fsp3) is 0.650. The van der Waals surface area contributed by atoms with Crippen LogP contribution in [0.4, 0.5) is 0 Å². The minimum Gasteiger partial charge on any atom is -0.497 e. The van der Waals surface area contributed by atoms with Crippen molar-refractivity contribution in [2.24, 2.45) is 4.99 Å². The minimum absolute atomic E-state index is 0.301. The molecule has 1 unspecified atom stereocenters. The SMILES string of the molecule is CCNC(=NCC(O)c1cccc(OC)c1)NC1CCN(CCOC)CC1. The summed E-state index contributed by atoms with van der Waals surface area (Å²) in [5, 5.41) is 17.2. The Balaban J connectivity index is 1.86. The molecule has 1 saturated heterocycles. The number of rotatable bonds is 9. The van der Waals surface area contributed by atoms with E-state index in [1.807, 2.05) is 31.2 Å². The maximum atomic E-state index is 10.4. The number of guanidine groups is 1. The van der Waals surface area contributed by atoms with E-state index in [9.17, 15) is 5.11 Å². The van der Waals surface area contributed by atoms with E-state index in [1.54, 1.807) is 14.2 Å². The second-order valence-corrected chi connectivity index (χ2v) is 6.77. The minimum atomic E-state index is -0.661. The van der Waals surface area contributed by atoms with E-state index in [-0.39, 0.29) is 0 Å². The number of nitrogens with one attached hydrogen (secondary N) is 2. The molecule has 7 nitrogen and oxygen atoms in total. The first-order valence-corrected chi connectivity index (χ1v) is 9.74. The molecule has 1 atom stereocenters. The predicted molar refractivity (Wildman–Crippen MR) is 108 cm³/mol. The lowest BCUT2D eigenvalue weighted by Gasteiger charge is -2.32. The molecular weight excluding hydrogens is 344 g/mol. The second-order valence-electron chi connectivity index (χ2n) is 6.77. The molecule has 0 radical (unpaired) electrons. The smallest absolute Gasteiger partial charge is 0.191 e. The van der Waals surface area contributed by atoms with Gasteiger partial charge in [0.05, 0.1) is 26.4 Å². The highest BCUT2D eigenvalue weighted by molar-refractivity contribution is 5.80. The first-order chi connectivity index (χ1) is 13.2. The zero-order valence-electron chi connectivity index (χ0n) is 16.8. The van der Waals surface area contributed by atoms with Gasteiger partial charge in [0.25, 0.3) is 0 Å². The van der Waals surface area contributed by atoms with Crippen LogP contribution in [-0.4, -0.2) is 75.6 Å². The molecule has 0 aromatic heterocycles. The number of hydrogen-bond acceptors (Lipinski definition) is 5. The van der Waals surface area contributed by atoms with Gasteiger partial charge in [0, 0.05) is 39.3 Å². The van der Waals surface area contributed by atoms with Crippen molar-refractivity contribution in [2.75, 3.05) is 53.6 Å². The Kier molecular flexibility index (Phi) is 9.38. The Morgan fingerprint density at radius 2 is 2.11 bits per heavy atom. The Bertz CT molecular complexity index is 574. The van der Waals surface area contributed by atoms with Gasteiger partial charge in [-0.25, -0.2) is 0 Å². The van der Waals surface area contributed by atoms with Gasteiger partial charge in [-0.3, -0.25) is 4.99 Å². The molecule has 1 aromatic rings. The third-order valence-corrected chi connectivity index (χ3v) is 4.79. The van der Waals surface area contributed by atoms with Gasteiger partial charge in [-0.1, -0.05) is 12.1 Å². The standard InChI is InChI=1S/C20H34N4O3/c1-4-21-20(23-17-8-10-24(11-9-17)12-13-26-2)22-15-19(25)16-6-5-7-18(14-16)27-3/h5-7,14,17,19,25H,4,8-13,15H2,1-3H3,(H2,21,22,23). The summed E-state index contributed by atoms with van der Waals surface area (Å²) >= 11 is 0. The average Bonchev–Trinajstić information content (AvgIpc) is 2.71. The largest absolute Gasteiger partial charge is 0.497 e. The third-order valence-electron chi connectivity index (χ3n) is 4.79. The monoisotopic (exact) mass is 378 g/mol. The van der Waals surface area contributed by atoms with Crippen molar-refractivity contribution >= 4 is 5.96 Å². The van der Waals surface area contributed by atoms with Gasteiger partial charge < -0.3 is 30.1 Å². The van der Waals surface area contributed by atoms with Crippen LogP contribution >= 0.6 is 0 Å². The number of aliphatic hydroxyl groups excluding tert-OH is 1. The van der Waals surface area contributed by atoms with Gasteiger partial charge in [0.1, 0.15) is 5.75 Å². The predicted octanol–water partition coefficient (Wildman–Crippen LogP) is 1.39. The number of nitrogens with zero attached hydrogens (tertiary/aromatic N) is 2. The van der Waals surface area contributed by atoms with Crippen molar-refractivity contribution in [3.05, 3.63) is 29.8 Å². The van der Waals surface area contributed by atoms with E-state index in [1.165, 1.54) is 0 Å². The first kappa shape index (κ1) is 21.5. The van der Waals surface area contributed by atoms with E-state index >= 15 is 0 Å². The van der Waals surface area contributed by atoms with Crippen LogP contribution in [0.2, 0.25) is 0 Å². The van der Waals surface area contributed by atoms with Gasteiger partial charge in [0.15, 0.2) is 5.96 Å². The van der Waals surface area contributed by atoms with Crippen molar-refractivity contribution in [2.45, 2.75) is 31.9 Å². The third kappa shape index (κ3) is 7.36. The fourth-order valence-corrected chi connectivity index (χ4v) is 3.17. The number of hydrogen-bond donors (Lipinski definition) is 3. The topological polar surface area (TPSA) is 78.4 Å². The maximum Gasteiger partial charge on any atom is 0.191 e. The Morgan fingerprint density at radius 3 is 2.78 bits per heavy atom. The second kappa shape index (κ2) is 11.8. The van der Waals surface area contributed by atoms with Crippen molar-refractivity contribution in [3.63, 3.8) is 0 Å². The van der Waals surface area contributed by atoms with E-state index < -0.39 is 6.10 Å². The molecule has 1 aromatic carbocycles. The summed E-state index contributed by atoms with van der Waals surface area (Å²) in [6.45, 7) is 7.03. The summed E-state index contributed by atoms with van der Waals surface area (Å²) in [6, 6.07) is 7.87. The number of aliphatic hydroxyl groups is 1. The van der Waals surface area contributed by atoms with Crippen LogP contribution in [-0.2, 0) is 4.74 Å². The lowest BCUT2D eigenvalue weighted by atomic mass is 10.1. The summed E-state index contributed by atoms with van der Waals surface area (Å²) in [7, 11) is 3.37. The van der Waals surface area contributed by atoms with E-state index in [0.29, 0.717) is 12.6 Å². The van der Waals surface area contributed by atoms with E-state index in [0.717, 1.165) is 62.9 Å². The molecule has 0 amide bonds. The van der Waals surface area contributed by atoms with Crippen LogP contribution in [0.15, 0.2) is 29.3 Å². The lowest BCUT2D eigenvalue weighted by molar-refractivity contribution is 0.128. The number of piperidine rings is 1. The molecule has 27 heavy (non-hydrogen) atoms. The number of ether oxygens (including phenoxy) is 2. The molecule has 1 fully saturated rings. The summed E-state index contributed by atoms with van der Waals surface area (Å²) in [6.07, 6.45) is 1.49. The summed E-state index contributed by atoms with van der Waals surface area (Å²) in [5.41, 5.74) is 0.806. The molecule has 2 rings (SSSR count). The van der Waals surface area contributed by atoms with E-state index in [2.05, 4.69) is 20.5 Å². The molecule has 0 bridgehead atoms. The van der Waals surface area contributed by atoms with Crippen LogP contribution in [0.5, 0.6) is 5.75 Å². The van der Waals surface area contributed by atoms with Crippen molar-refractivity contribution < 1.29 is 14.6 Å². The Labute approximate surface area is 162 Å². The van der Waals surface area contributed by atoms with Gasteiger partial charge in [-0.2, -0.15) is 0 Å². The van der Waals surface area contributed by atoms with Crippen LogP contribution < -0.4 is 15.4 Å². The number of benzene rings is 1. The summed E-state index contributed by atoms with van der Waals surface area (Å²) < 4.78 is 10.4. The molecule has 7 heteroatoms. The lowest BCUT2D eigenvalue weighted by Crippen LogP contribution is -2.49. The highest BCUT2D eigenvalue weighted by Crippen LogP contribution is 2.19. The molecule has 152 valence electrons. The molecule has 1 aliphatic rings. The highest BCUT2D eigenvalue weighted by atomic mass is 16.5. The fourth-order valence-electron chi connectivity index (χ4n) is 3.17. The van der Waals surface area contributed by atoms with Crippen molar-refractivity contribution in [1.29, 1.82) is 0 Å². The molecule has 3 N–H and O–H groups in total. The average molecular weight is 379 g/mol. The van der Waals surface area contributed by atoms with Gasteiger partial charge >= 0.3 is 0 Å². The maximum absolute atomic E-state index is 10.4. The molecule has 0 saturated carbocycles. The molecule has 1 heterocycles. The van der Waals surface area contributed by atoms with Crippen LogP contribution in [0.25, 0.3) is 0 Å². The normalized spacial score (nSPS) is 17.6. The molecular formula is C20H34N4O3. The Hall–Kier alpha value is -1.83. The molecule has 1 aliphatic heterocycles. The zero-order valence-corrected chi connectivity index (χ0v) is 16.8. The van der Waals surface area contributed by atoms with E-state index in [4.69, 9.17) is 9.47 Å². The van der Waals surface area contributed by atoms with Gasteiger partial charge in [-0.15, -0.1) is 0 Å². The van der Waals surface area contributed by atoms with Gasteiger partial charge in [0.2, 0.25) is 0 Å². The number of aliphatic imine (C=N–C) groups is 1. The quantitative estimate of drug-likeness (QED) is 0.445. The first-order valence-electron chi connectivity index (χ1n) is 9.74. The Morgan fingerprint density at radius 1 is 1.33 bits per heavy atom. The van der Waals surface area contributed by atoms with Crippen LogP contribution in [0.3, 0.4) is 0 Å². The van der Waals surface area contributed by atoms with Crippen LogP contribution in [0, 0.1) is 0 Å². The number of methoxy groups -OCH3 is 2. The van der Waals surface area contributed by atoms with Crippen molar-refractivity contribution in [3.8, 4) is 5.75 Å². The zero-order chi connectivity index (χ0) is 19.5.